The summed E-state index contributed by atoms with van der Waals surface area (Å²) in [5.41, 5.74) is 18.0. The van der Waals surface area contributed by atoms with E-state index in [-0.39, 0.29) is 17.4 Å². The predicted octanol–water partition coefficient (Wildman–Crippen LogP) is 5.11. The Labute approximate surface area is 273 Å². The Morgan fingerprint density at radius 2 is 1.73 bits per heavy atom. The summed E-state index contributed by atoms with van der Waals surface area (Å²) in [6.45, 7) is 2.34. The van der Waals surface area contributed by atoms with Crippen molar-refractivity contribution in [3.05, 3.63) is 113 Å². The first kappa shape index (κ1) is 31.2. The zero-order valence-corrected chi connectivity index (χ0v) is 25.7. The number of nitrogen functional groups attached to an aromatic ring is 2. The maximum atomic E-state index is 11.7. The molecular weight excluding hydrogens is 612 g/mol. The number of aromatic nitrogens is 4. The fourth-order valence-corrected chi connectivity index (χ4v) is 5.14. The van der Waals surface area contributed by atoms with Gasteiger partial charge in [0.2, 0.25) is 17.7 Å². The Balaban J connectivity index is 0.000000168. The van der Waals surface area contributed by atoms with Gasteiger partial charge in [-0.2, -0.15) is 9.97 Å². The Hall–Kier alpha value is -6.76. The number of imidazole rings is 1. The molecule has 0 atom stereocenters. The molecule has 13 heteroatoms. The molecule has 0 bridgehead atoms. The van der Waals surface area contributed by atoms with Gasteiger partial charge < -0.3 is 41.4 Å². The number of aromatic amines is 1. The number of H-pyrrole nitrogens is 1. The molecule has 240 valence electrons. The van der Waals surface area contributed by atoms with Gasteiger partial charge in [0, 0.05) is 47.8 Å². The molecule has 48 heavy (non-hydrogen) atoms. The number of amides is 1. The van der Waals surface area contributed by atoms with Gasteiger partial charge in [0.25, 0.3) is 0 Å². The van der Waals surface area contributed by atoms with Gasteiger partial charge in [-0.3, -0.25) is 4.79 Å². The fourth-order valence-electron chi connectivity index (χ4n) is 5.14. The molecule has 1 aliphatic heterocycles. The molecule has 0 radical (unpaired) electrons. The van der Waals surface area contributed by atoms with Crippen molar-refractivity contribution in [2.45, 2.75) is 20.1 Å². The number of nitrogens with zero attached hydrogens (tertiary/aromatic N) is 3. The summed E-state index contributed by atoms with van der Waals surface area (Å²) in [5, 5.41) is 21.3. The highest BCUT2D eigenvalue weighted by molar-refractivity contribution is 6.07. The third kappa shape index (κ3) is 6.74. The van der Waals surface area contributed by atoms with Gasteiger partial charge in [-0.15, -0.1) is 0 Å². The second-order valence-corrected chi connectivity index (χ2v) is 10.8. The van der Waals surface area contributed by atoms with E-state index in [9.17, 15) is 14.7 Å². The number of carboxylic acid groups (broad SMARTS) is 1. The third-order valence-corrected chi connectivity index (χ3v) is 7.38. The standard InChI is InChI=1S/C20H14N2O3.C15H16N6O2/c21-11-5-7-15-17(9-11)25-18-10-12(22)6-8-16(18)19(15)13-3-1-2-4-14(13)20(23)24;1-9(22)17-6-10-2-4-11(5-3-10)7-23-14-12-13(19-8-18-12)20-15(16)21-14/h1-10,21H,22H2,(H,23,24);2-5,8H,6-7H2,1H3,(H,17,22)(H3,16,18,19,20,21). The van der Waals surface area contributed by atoms with Crippen LogP contribution in [0.15, 0.2) is 95.7 Å². The highest BCUT2D eigenvalue weighted by Gasteiger charge is 2.21. The van der Waals surface area contributed by atoms with E-state index in [1.807, 2.05) is 30.3 Å². The lowest BCUT2D eigenvalue weighted by molar-refractivity contribution is -0.119. The first-order chi connectivity index (χ1) is 23.2. The maximum absolute atomic E-state index is 11.7. The molecule has 1 aliphatic carbocycles. The fraction of sp³-hybridized carbons (Fsp3) is 0.0857. The van der Waals surface area contributed by atoms with Crippen molar-refractivity contribution in [3.8, 4) is 28.3 Å². The highest BCUT2D eigenvalue weighted by Crippen LogP contribution is 2.41. The average Bonchev–Trinajstić information content (AvgIpc) is 3.54. The summed E-state index contributed by atoms with van der Waals surface area (Å²) in [6.07, 6.45) is 1.52. The monoisotopic (exact) mass is 642 g/mol. The average molecular weight is 643 g/mol. The van der Waals surface area contributed by atoms with E-state index in [0.717, 1.165) is 27.6 Å². The molecule has 0 saturated carbocycles. The van der Waals surface area contributed by atoms with E-state index in [1.54, 1.807) is 54.6 Å². The van der Waals surface area contributed by atoms with Crippen LogP contribution in [0.4, 0.5) is 11.6 Å². The molecule has 2 aliphatic rings. The van der Waals surface area contributed by atoms with Crippen molar-refractivity contribution in [1.29, 1.82) is 5.41 Å². The molecule has 5 aromatic rings. The number of fused-ring (bicyclic) bond motifs is 3. The lowest BCUT2D eigenvalue weighted by Crippen LogP contribution is -2.18. The minimum atomic E-state index is -0.995. The molecule has 1 amide bonds. The smallest absolute Gasteiger partial charge is 0.336 e. The SMILES string of the molecule is CC(=O)NCc1ccc(COc2nc(N)nc3nc[nH]c23)cc1.N=c1ccc2c(-c3ccccc3C(=O)O)c3ccc(N)cc3oc-2c1. The van der Waals surface area contributed by atoms with Gasteiger partial charge in [0.05, 0.1) is 17.2 Å². The van der Waals surface area contributed by atoms with Crippen LogP contribution in [0.5, 0.6) is 5.88 Å². The van der Waals surface area contributed by atoms with Crippen LogP contribution in [0.2, 0.25) is 0 Å². The molecular formula is C35H30N8O5. The number of nitrogens with one attached hydrogen (secondary N) is 3. The van der Waals surface area contributed by atoms with Crippen LogP contribution in [-0.2, 0) is 17.9 Å². The van der Waals surface area contributed by atoms with Gasteiger partial charge in [-0.05, 0) is 47.0 Å². The predicted molar refractivity (Wildman–Crippen MR) is 180 cm³/mol. The van der Waals surface area contributed by atoms with Crippen molar-refractivity contribution < 1.29 is 23.8 Å². The molecule has 7 rings (SSSR count). The molecule has 0 spiro atoms. The summed E-state index contributed by atoms with van der Waals surface area (Å²) >= 11 is 0. The number of carbonyl (C=O) groups is 2. The number of aromatic carboxylic acids is 1. The summed E-state index contributed by atoms with van der Waals surface area (Å²) in [4.78, 5) is 37.7. The molecule has 2 aromatic heterocycles. The number of carbonyl (C=O) groups excluding carboxylic acids is 1. The number of benzene rings is 4. The molecule has 0 fully saturated rings. The summed E-state index contributed by atoms with van der Waals surface area (Å²) in [6, 6.07) is 25.0. The number of ether oxygens (including phenoxy) is 1. The van der Waals surface area contributed by atoms with E-state index >= 15 is 0 Å². The van der Waals surface area contributed by atoms with Crippen LogP contribution in [-0.4, -0.2) is 36.9 Å². The minimum Gasteiger partial charge on any atom is -0.478 e. The second-order valence-electron chi connectivity index (χ2n) is 10.8. The summed E-state index contributed by atoms with van der Waals surface area (Å²) < 4.78 is 11.6. The van der Waals surface area contributed by atoms with E-state index in [4.69, 9.17) is 26.0 Å². The maximum Gasteiger partial charge on any atom is 0.336 e. The van der Waals surface area contributed by atoms with E-state index < -0.39 is 5.97 Å². The number of hydrogen-bond donors (Lipinski definition) is 6. The third-order valence-electron chi connectivity index (χ3n) is 7.38. The normalized spacial score (nSPS) is 10.9. The van der Waals surface area contributed by atoms with Crippen LogP contribution in [0.3, 0.4) is 0 Å². The van der Waals surface area contributed by atoms with Crippen molar-refractivity contribution in [2.24, 2.45) is 0 Å². The van der Waals surface area contributed by atoms with E-state index in [2.05, 4.69) is 25.3 Å². The first-order valence-electron chi connectivity index (χ1n) is 14.7. The Kier molecular flexibility index (Phi) is 8.66. The zero-order valence-electron chi connectivity index (χ0n) is 25.7. The van der Waals surface area contributed by atoms with Crippen LogP contribution in [0, 0.1) is 5.41 Å². The van der Waals surface area contributed by atoms with Gasteiger partial charge >= 0.3 is 5.97 Å². The van der Waals surface area contributed by atoms with Gasteiger partial charge in [-0.1, -0.05) is 42.5 Å². The summed E-state index contributed by atoms with van der Waals surface area (Å²) in [7, 11) is 0. The number of hydrogen-bond acceptors (Lipinski definition) is 10. The molecule has 8 N–H and O–H groups in total. The van der Waals surface area contributed by atoms with Crippen molar-refractivity contribution in [3.63, 3.8) is 0 Å². The highest BCUT2D eigenvalue weighted by atomic mass is 16.5. The van der Waals surface area contributed by atoms with E-state index in [1.165, 1.54) is 13.3 Å². The number of anilines is 2. The molecule has 13 nitrogen and oxygen atoms in total. The topological polar surface area (TPSA) is 219 Å². The molecule has 0 unspecified atom stereocenters. The quantitative estimate of drug-likeness (QED) is 0.0996. The van der Waals surface area contributed by atoms with Gasteiger partial charge in [0.15, 0.2) is 5.65 Å². The first-order valence-corrected chi connectivity index (χ1v) is 14.7. The lowest BCUT2D eigenvalue weighted by atomic mass is 9.91. The van der Waals surface area contributed by atoms with Crippen LogP contribution in [0.25, 0.3) is 44.6 Å². The zero-order chi connectivity index (χ0) is 33.8. The Bertz CT molecular complexity index is 2310. The van der Waals surface area contributed by atoms with Crippen molar-refractivity contribution in [2.75, 3.05) is 11.5 Å². The Morgan fingerprint density at radius 1 is 0.958 bits per heavy atom. The van der Waals surface area contributed by atoms with Crippen LogP contribution < -0.4 is 26.9 Å². The van der Waals surface area contributed by atoms with E-state index in [0.29, 0.717) is 58.1 Å². The number of rotatable bonds is 7. The minimum absolute atomic E-state index is 0.0534. The van der Waals surface area contributed by atoms with Crippen molar-refractivity contribution >= 4 is 45.6 Å². The second kappa shape index (κ2) is 13.3. The van der Waals surface area contributed by atoms with Crippen LogP contribution in [0.1, 0.15) is 28.4 Å². The largest absolute Gasteiger partial charge is 0.478 e. The Morgan fingerprint density at radius 3 is 2.50 bits per heavy atom. The molecule has 3 aromatic carbocycles. The summed E-state index contributed by atoms with van der Waals surface area (Å²) in [5.74, 6) is -0.0500. The molecule has 3 heterocycles. The number of carboxylic acids is 1. The van der Waals surface area contributed by atoms with Gasteiger partial charge in [0.1, 0.15) is 23.5 Å². The van der Waals surface area contributed by atoms with Crippen molar-refractivity contribution in [1.82, 2.24) is 25.3 Å². The number of nitrogens with two attached hydrogens (primary N) is 2. The van der Waals surface area contributed by atoms with Crippen LogP contribution >= 0.6 is 0 Å². The van der Waals surface area contributed by atoms with Gasteiger partial charge in [-0.25, -0.2) is 9.78 Å². The lowest BCUT2D eigenvalue weighted by Gasteiger charge is -2.16. The molecule has 0 saturated heterocycles.